The Morgan fingerprint density at radius 2 is 0.917 bits per heavy atom. The highest BCUT2D eigenvalue weighted by Crippen LogP contribution is 2.07. The lowest BCUT2D eigenvalue weighted by Crippen LogP contribution is -2.08. The SMILES string of the molecule is Cc1cc(C)nc(NCCCCCCNc2nc(C)cc(C)n2)n1. The predicted octanol–water partition coefficient (Wildman–Crippen LogP) is 3.58. The monoisotopic (exact) mass is 328 g/mol. The first-order valence-corrected chi connectivity index (χ1v) is 8.65. The van der Waals surface area contributed by atoms with Crippen molar-refractivity contribution in [3.8, 4) is 0 Å². The van der Waals surface area contributed by atoms with Crippen molar-refractivity contribution in [3.63, 3.8) is 0 Å². The molecular formula is C18H28N6. The van der Waals surface area contributed by atoms with Crippen LogP contribution >= 0.6 is 0 Å². The van der Waals surface area contributed by atoms with E-state index >= 15 is 0 Å². The molecule has 0 bridgehead atoms. The molecule has 0 atom stereocenters. The van der Waals surface area contributed by atoms with Gasteiger partial charge in [0.25, 0.3) is 0 Å². The largest absolute Gasteiger partial charge is 0.354 e. The molecule has 0 aliphatic heterocycles. The van der Waals surface area contributed by atoms with Gasteiger partial charge < -0.3 is 10.6 Å². The van der Waals surface area contributed by atoms with Gasteiger partial charge in [-0.2, -0.15) is 0 Å². The van der Waals surface area contributed by atoms with Crippen molar-refractivity contribution in [3.05, 3.63) is 34.9 Å². The molecule has 0 radical (unpaired) electrons. The Balaban J connectivity index is 1.55. The van der Waals surface area contributed by atoms with Crippen LogP contribution in [-0.2, 0) is 0 Å². The summed E-state index contributed by atoms with van der Waals surface area (Å²) in [6.07, 6.45) is 4.62. The summed E-state index contributed by atoms with van der Waals surface area (Å²) in [6.45, 7) is 9.80. The molecule has 0 amide bonds. The second kappa shape index (κ2) is 9.15. The van der Waals surface area contributed by atoms with Crippen molar-refractivity contribution in [1.29, 1.82) is 0 Å². The Morgan fingerprint density at radius 3 is 1.25 bits per heavy atom. The van der Waals surface area contributed by atoms with Crippen molar-refractivity contribution in [1.82, 2.24) is 19.9 Å². The van der Waals surface area contributed by atoms with Crippen LogP contribution in [0.15, 0.2) is 12.1 Å². The zero-order chi connectivity index (χ0) is 17.4. The molecule has 2 N–H and O–H groups in total. The van der Waals surface area contributed by atoms with Gasteiger partial charge in [0, 0.05) is 35.9 Å². The predicted molar refractivity (Wildman–Crippen MR) is 98.5 cm³/mol. The standard InChI is InChI=1S/C18H28N6/c1-13-11-14(2)22-17(21-13)19-9-7-5-6-8-10-20-18-23-15(3)12-16(4)24-18/h11-12H,5-10H2,1-4H3,(H,19,21,22)(H,20,23,24). The van der Waals surface area contributed by atoms with Crippen molar-refractivity contribution in [2.45, 2.75) is 53.4 Å². The Bertz CT molecular complexity index is 558. The van der Waals surface area contributed by atoms with Crippen LogP contribution in [0, 0.1) is 27.7 Å². The normalized spacial score (nSPS) is 10.7. The summed E-state index contributed by atoms with van der Waals surface area (Å²) in [5.41, 5.74) is 4.02. The van der Waals surface area contributed by atoms with Gasteiger partial charge in [0.15, 0.2) is 0 Å². The molecule has 0 spiro atoms. The summed E-state index contributed by atoms with van der Waals surface area (Å²) in [5, 5.41) is 6.60. The zero-order valence-electron chi connectivity index (χ0n) is 15.2. The molecule has 2 heterocycles. The van der Waals surface area contributed by atoms with E-state index in [4.69, 9.17) is 0 Å². The maximum Gasteiger partial charge on any atom is 0.223 e. The molecule has 130 valence electrons. The van der Waals surface area contributed by atoms with E-state index in [1.807, 2.05) is 39.8 Å². The van der Waals surface area contributed by atoms with E-state index in [9.17, 15) is 0 Å². The van der Waals surface area contributed by atoms with Crippen molar-refractivity contribution in [2.24, 2.45) is 0 Å². The van der Waals surface area contributed by atoms with E-state index < -0.39 is 0 Å². The van der Waals surface area contributed by atoms with E-state index in [2.05, 4.69) is 30.6 Å². The Morgan fingerprint density at radius 1 is 0.583 bits per heavy atom. The van der Waals surface area contributed by atoms with Crippen LogP contribution in [0.3, 0.4) is 0 Å². The molecule has 0 aliphatic rings. The first kappa shape index (κ1) is 18.1. The first-order valence-electron chi connectivity index (χ1n) is 8.65. The average molecular weight is 328 g/mol. The van der Waals surface area contributed by atoms with Gasteiger partial charge in [0.05, 0.1) is 0 Å². The molecule has 6 heteroatoms. The highest BCUT2D eigenvalue weighted by molar-refractivity contribution is 5.28. The van der Waals surface area contributed by atoms with E-state index in [-0.39, 0.29) is 0 Å². The maximum absolute atomic E-state index is 4.38. The molecule has 0 aromatic carbocycles. The summed E-state index contributed by atoms with van der Waals surface area (Å²) >= 11 is 0. The summed E-state index contributed by atoms with van der Waals surface area (Å²) in [4.78, 5) is 17.5. The highest BCUT2D eigenvalue weighted by Gasteiger charge is 2.00. The van der Waals surface area contributed by atoms with Crippen LogP contribution in [0.2, 0.25) is 0 Å². The van der Waals surface area contributed by atoms with Crippen LogP contribution < -0.4 is 10.6 Å². The third-order valence-electron chi connectivity index (χ3n) is 3.63. The van der Waals surface area contributed by atoms with Gasteiger partial charge in [0.2, 0.25) is 11.9 Å². The van der Waals surface area contributed by atoms with Crippen molar-refractivity contribution < 1.29 is 0 Å². The Labute approximate surface area is 144 Å². The zero-order valence-corrected chi connectivity index (χ0v) is 15.2. The third-order valence-corrected chi connectivity index (χ3v) is 3.63. The average Bonchev–Trinajstić information content (AvgIpc) is 2.48. The highest BCUT2D eigenvalue weighted by atomic mass is 15.1. The lowest BCUT2D eigenvalue weighted by Gasteiger charge is -2.07. The second-order valence-electron chi connectivity index (χ2n) is 6.22. The summed E-state index contributed by atoms with van der Waals surface area (Å²) in [7, 11) is 0. The van der Waals surface area contributed by atoms with E-state index in [0.717, 1.165) is 60.6 Å². The molecule has 2 aromatic rings. The summed E-state index contributed by atoms with van der Waals surface area (Å²) in [6, 6.07) is 3.97. The lowest BCUT2D eigenvalue weighted by atomic mass is 10.2. The molecule has 2 rings (SSSR count). The van der Waals surface area contributed by atoms with Crippen LogP contribution in [0.4, 0.5) is 11.9 Å². The number of anilines is 2. The van der Waals surface area contributed by atoms with Crippen LogP contribution in [0.25, 0.3) is 0 Å². The molecule has 0 unspecified atom stereocenters. The smallest absolute Gasteiger partial charge is 0.223 e. The minimum absolute atomic E-state index is 0.737. The van der Waals surface area contributed by atoms with E-state index in [1.165, 1.54) is 12.8 Å². The molecule has 0 fully saturated rings. The van der Waals surface area contributed by atoms with Crippen molar-refractivity contribution in [2.75, 3.05) is 23.7 Å². The van der Waals surface area contributed by atoms with Crippen LogP contribution in [-0.4, -0.2) is 33.0 Å². The quantitative estimate of drug-likeness (QED) is 0.685. The second-order valence-corrected chi connectivity index (χ2v) is 6.22. The number of hydrogen-bond donors (Lipinski definition) is 2. The van der Waals surface area contributed by atoms with E-state index in [1.54, 1.807) is 0 Å². The molecule has 2 aromatic heterocycles. The third kappa shape index (κ3) is 6.48. The number of aromatic nitrogens is 4. The van der Waals surface area contributed by atoms with Crippen LogP contribution in [0.5, 0.6) is 0 Å². The molecular weight excluding hydrogens is 300 g/mol. The van der Waals surface area contributed by atoms with Crippen LogP contribution in [0.1, 0.15) is 48.5 Å². The summed E-state index contributed by atoms with van der Waals surface area (Å²) < 4.78 is 0. The number of nitrogens with one attached hydrogen (secondary N) is 2. The van der Waals surface area contributed by atoms with Crippen molar-refractivity contribution >= 4 is 11.9 Å². The number of nitrogens with zero attached hydrogens (tertiary/aromatic N) is 4. The number of unbranched alkanes of at least 4 members (excludes halogenated alkanes) is 3. The van der Waals surface area contributed by atoms with Gasteiger partial charge >= 0.3 is 0 Å². The minimum Gasteiger partial charge on any atom is -0.354 e. The fraction of sp³-hybridized carbons (Fsp3) is 0.556. The first-order chi connectivity index (χ1) is 11.5. The number of aryl methyl sites for hydroxylation is 4. The van der Waals surface area contributed by atoms with Gasteiger partial charge in [-0.15, -0.1) is 0 Å². The minimum atomic E-state index is 0.737. The van der Waals surface area contributed by atoms with Gasteiger partial charge in [-0.1, -0.05) is 12.8 Å². The topological polar surface area (TPSA) is 75.6 Å². The Hall–Kier alpha value is -2.24. The molecule has 0 saturated heterocycles. The molecule has 6 nitrogen and oxygen atoms in total. The van der Waals surface area contributed by atoms with Gasteiger partial charge in [-0.05, 0) is 52.7 Å². The maximum atomic E-state index is 4.38. The van der Waals surface area contributed by atoms with Gasteiger partial charge in [-0.25, -0.2) is 19.9 Å². The fourth-order valence-corrected chi connectivity index (χ4v) is 2.61. The van der Waals surface area contributed by atoms with Gasteiger partial charge in [-0.3, -0.25) is 0 Å². The number of hydrogen-bond acceptors (Lipinski definition) is 6. The van der Waals surface area contributed by atoms with E-state index in [0.29, 0.717) is 0 Å². The fourth-order valence-electron chi connectivity index (χ4n) is 2.61. The summed E-state index contributed by atoms with van der Waals surface area (Å²) in [5.74, 6) is 1.47. The molecule has 0 aliphatic carbocycles. The Kier molecular flexibility index (Phi) is 6.90. The van der Waals surface area contributed by atoms with Gasteiger partial charge in [0.1, 0.15) is 0 Å². The lowest BCUT2D eigenvalue weighted by molar-refractivity contribution is 0.667. The molecule has 24 heavy (non-hydrogen) atoms. The number of rotatable bonds is 9. The molecule has 0 saturated carbocycles.